The number of rotatable bonds is 5. The van der Waals surface area contributed by atoms with E-state index in [0.717, 1.165) is 0 Å². The molecular formula is C24H26N2. The zero-order valence-corrected chi connectivity index (χ0v) is 15.7. The van der Waals surface area contributed by atoms with E-state index in [1.807, 2.05) is 0 Å². The van der Waals surface area contributed by atoms with E-state index in [4.69, 9.17) is 10.2 Å². The molecule has 2 nitrogen and oxygen atoms in total. The van der Waals surface area contributed by atoms with Gasteiger partial charge in [0.2, 0.25) is 0 Å². The highest BCUT2D eigenvalue weighted by molar-refractivity contribution is 6.15. The fourth-order valence-corrected chi connectivity index (χ4v) is 4.78. The highest BCUT2D eigenvalue weighted by Gasteiger charge is 2.66. The Labute approximate surface area is 156 Å². The summed E-state index contributed by atoms with van der Waals surface area (Å²) in [5, 5.41) is 9.48. The molecule has 2 fully saturated rings. The highest BCUT2D eigenvalue weighted by Crippen LogP contribution is 2.67. The predicted octanol–water partition coefficient (Wildman–Crippen LogP) is 5.73. The van der Waals surface area contributed by atoms with Crippen LogP contribution in [-0.4, -0.2) is 11.4 Å². The first-order chi connectivity index (χ1) is 12.6. The van der Waals surface area contributed by atoms with Crippen LogP contribution in [0.15, 0.2) is 70.9 Å². The van der Waals surface area contributed by atoms with Gasteiger partial charge in [0.25, 0.3) is 0 Å². The van der Waals surface area contributed by atoms with Crippen LogP contribution in [-0.2, 0) is 0 Å². The molecule has 5 rings (SSSR count). The lowest BCUT2D eigenvalue weighted by Gasteiger charge is -2.15. The lowest BCUT2D eigenvalue weighted by Crippen LogP contribution is -2.15. The van der Waals surface area contributed by atoms with Crippen molar-refractivity contribution >= 4 is 11.4 Å². The molecule has 3 aliphatic rings. The third kappa shape index (κ3) is 2.55. The fraction of sp³-hybridized carbons (Fsp3) is 0.417. The van der Waals surface area contributed by atoms with E-state index < -0.39 is 0 Å². The van der Waals surface area contributed by atoms with Crippen molar-refractivity contribution in [3.05, 3.63) is 71.8 Å². The third-order valence-corrected chi connectivity index (χ3v) is 7.01. The van der Waals surface area contributed by atoms with Crippen LogP contribution < -0.4 is 0 Å². The quantitative estimate of drug-likeness (QED) is 0.663. The maximum atomic E-state index is 4.74. The summed E-state index contributed by atoms with van der Waals surface area (Å²) in [6, 6.07) is 21.3. The minimum Gasteiger partial charge on any atom is -0.154 e. The van der Waals surface area contributed by atoms with Gasteiger partial charge in [0.15, 0.2) is 0 Å². The molecule has 1 aliphatic heterocycles. The molecular weight excluding hydrogens is 316 g/mol. The number of fused-ring (bicyclic) bond motifs is 1. The summed E-state index contributed by atoms with van der Waals surface area (Å²) in [4.78, 5) is 0. The molecule has 132 valence electrons. The van der Waals surface area contributed by atoms with E-state index >= 15 is 0 Å². The van der Waals surface area contributed by atoms with Crippen molar-refractivity contribution in [1.29, 1.82) is 0 Å². The van der Waals surface area contributed by atoms with Crippen molar-refractivity contribution < 1.29 is 0 Å². The summed E-state index contributed by atoms with van der Waals surface area (Å²) < 4.78 is 0. The molecule has 0 radical (unpaired) electrons. The summed E-state index contributed by atoms with van der Waals surface area (Å²) in [5.74, 6) is 1.000. The Morgan fingerprint density at radius 2 is 1.19 bits per heavy atom. The van der Waals surface area contributed by atoms with Crippen LogP contribution in [0, 0.1) is 22.7 Å². The van der Waals surface area contributed by atoms with E-state index in [1.165, 1.54) is 48.2 Å². The topological polar surface area (TPSA) is 24.7 Å². The summed E-state index contributed by atoms with van der Waals surface area (Å²) >= 11 is 0. The van der Waals surface area contributed by atoms with Gasteiger partial charge in [-0.05, 0) is 47.6 Å². The van der Waals surface area contributed by atoms with Gasteiger partial charge >= 0.3 is 0 Å². The average molecular weight is 342 g/mol. The van der Waals surface area contributed by atoms with Crippen LogP contribution in [0.1, 0.15) is 50.7 Å². The molecule has 0 spiro atoms. The second kappa shape index (κ2) is 5.64. The van der Waals surface area contributed by atoms with Crippen molar-refractivity contribution in [2.75, 3.05) is 0 Å². The van der Waals surface area contributed by atoms with Gasteiger partial charge in [-0.25, -0.2) is 0 Å². The Bertz CT molecular complexity index is 813. The largest absolute Gasteiger partial charge is 0.154 e. The van der Waals surface area contributed by atoms with Gasteiger partial charge in [-0.2, -0.15) is 10.2 Å². The fourth-order valence-electron chi connectivity index (χ4n) is 4.78. The van der Waals surface area contributed by atoms with Crippen molar-refractivity contribution in [2.24, 2.45) is 32.9 Å². The van der Waals surface area contributed by atoms with Gasteiger partial charge in [0, 0.05) is 11.8 Å². The van der Waals surface area contributed by atoms with Gasteiger partial charge in [0.1, 0.15) is 0 Å². The Balaban J connectivity index is 1.52. The molecule has 0 saturated heterocycles. The average Bonchev–Trinajstić information content (AvgIpc) is 3.58. The van der Waals surface area contributed by atoms with Crippen LogP contribution >= 0.6 is 0 Å². The van der Waals surface area contributed by atoms with Crippen LogP contribution in [0.3, 0.4) is 0 Å². The van der Waals surface area contributed by atoms with Crippen LogP contribution in [0.2, 0.25) is 0 Å². The lowest BCUT2D eigenvalue weighted by atomic mass is 9.89. The standard InChI is InChI=1S/C24H26N2/c1-23(13-14-23)15-16-24(2)19-20(24)22(18-11-7-4-8-12-18)26-25-21(19)17-9-5-3-6-10-17/h3-12,19-20H,13-16H2,1-2H3/t19-,20+,24?. The van der Waals surface area contributed by atoms with Gasteiger partial charge in [-0.15, -0.1) is 0 Å². The van der Waals surface area contributed by atoms with Gasteiger partial charge < -0.3 is 0 Å². The molecule has 2 saturated carbocycles. The molecule has 0 bridgehead atoms. The summed E-state index contributed by atoms with van der Waals surface area (Å²) in [6.45, 7) is 4.91. The number of hydrogen-bond donors (Lipinski definition) is 0. The Morgan fingerprint density at radius 3 is 1.62 bits per heavy atom. The maximum absolute atomic E-state index is 4.74. The van der Waals surface area contributed by atoms with E-state index in [-0.39, 0.29) is 5.41 Å². The van der Waals surface area contributed by atoms with Crippen molar-refractivity contribution in [2.45, 2.75) is 39.5 Å². The minimum absolute atomic E-state index is 0.283. The summed E-state index contributed by atoms with van der Waals surface area (Å²) in [7, 11) is 0. The molecule has 2 aromatic rings. The number of nitrogens with zero attached hydrogens (tertiary/aromatic N) is 2. The first-order valence-electron chi connectivity index (χ1n) is 9.87. The monoisotopic (exact) mass is 342 g/mol. The van der Waals surface area contributed by atoms with Crippen LogP contribution in [0.5, 0.6) is 0 Å². The maximum Gasteiger partial charge on any atom is 0.0746 e. The molecule has 2 heteroatoms. The molecule has 1 unspecified atom stereocenters. The molecule has 0 aromatic heterocycles. The summed E-state index contributed by atoms with van der Waals surface area (Å²) in [5.41, 5.74) is 5.74. The van der Waals surface area contributed by atoms with Gasteiger partial charge in [-0.3, -0.25) is 0 Å². The Morgan fingerprint density at radius 1 is 0.731 bits per heavy atom. The SMILES string of the molecule is CC1(CCC2(C)[C@@H]3C(c4ccccc4)=NN=C(c4ccccc4)[C@@H]32)CC1. The minimum atomic E-state index is 0.283. The second-order valence-corrected chi connectivity index (χ2v) is 8.97. The highest BCUT2D eigenvalue weighted by atomic mass is 15.2. The predicted molar refractivity (Wildman–Crippen MR) is 108 cm³/mol. The molecule has 26 heavy (non-hydrogen) atoms. The normalized spacial score (nSPS) is 30.8. The first-order valence-corrected chi connectivity index (χ1v) is 9.87. The van der Waals surface area contributed by atoms with E-state index in [2.05, 4.69) is 74.5 Å². The molecule has 2 aliphatic carbocycles. The van der Waals surface area contributed by atoms with Crippen LogP contribution in [0.4, 0.5) is 0 Å². The van der Waals surface area contributed by atoms with Crippen molar-refractivity contribution in [3.8, 4) is 0 Å². The number of benzene rings is 2. The van der Waals surface area contributed by atoms with Gasteiger partial charge in [-0.1, -0.05) is 74.5 Å². The first kappa shape index (κ1) is 16.0. The second-order valence-electron chi connectivity index (χ2n) is 8.97. The molecule has 0 amide bonds. The van der Waals surface area contributed by atoms with Gasteiger partial charge in [0.05, 0.1) is 11.4 Å². The van der Waals surface area contributed by atoms with E-state index in [0.29, 0.717) is 17.3 Å². The van der Waals surface area contributed by atoms with Crippen LogP contribution in [0.25, 0.3) is 0 Å². The van der Waals surface area contributed by atoms with E-state index in [1.54, 1.807) is 0 Å². The zero-order valence-electron chi connectivity index (χ0n) is 15.7. The molecule has 1 heterocycles. The lowest BCUT2D eigenvalue weighted by molar-refractivity contribution is 0.387. The molecule has 2 aromatic carbocycles. The smallest absolute Gasteiger partial charge is 0.0746 e. The third-order valence-electron chi connectivity index (χ3n) is 7.01. The van der Waals surface area contributed by atoms with Crippen molar-refractivity contribution in [1.82, 2.24) is 0 Å². The molecule has 3 atom stereocenters. The Hall–Kier alpha value is -2.22. The van der Waals surface area contributed by atoms with Crippen molar-refractivity contribution in [3.63, 3.8) is 0 Å². The van der Waals surface area contributed by atoms with E-state index in [9.17, 15) is 0 Å². The Kier molecular flexibility index (Phi) is 3.47. The number of hydrogen-bond acceptors (Lipinski definition) is 2. The molecule has 0 N–H and O–H groups in total. The summed E-state index contributed by atoms with van der Waals surface area (Å²) in [6.07, 6.45) is 5.41. The zero-order chi connectivity index (χ0) is 17.8.